The third-order valence-corrected chi connectivity index (χ3v) is 7.73. The van der Waals surface area contributed by atoms with E-state index in [0.717, 1.165) is 0 Å². The minimum atomic E-state index is -4.25. The van der Waals surface area contributed by atoms with Gasteiger partial charge in [-0.1, -0.05) is 0 Å². The number of nitrogens with zero attached hydrogens (tertiary/aromatic N) is 4. The molecule has 0 unspecified atom stereocenters. The molecular formula is C22H26F5N5O2. The summed E-state index contributed by atoms with van der Waals surface area (Å²) in [5, 5.41) is 4.51. The van der Waals surface area contributed by atoms with E-state index >= 15 is 0 Å². The van der Waals surface area contributed by atoms with Crippen molar-refractivity contribution in [3.63, 3.8) is 0 Å². The van der Waals surface area contributed by atoms with Crippen molar-refractivity contribution in [3.8, 4) is 0 Å². The summed E-state index contributed by atoms with van der Waals surface area (Å²) in [4.78, 5) is 34.5. The van der Waals surface area contributed by atoms with Crippen LogP contribution in [0.2, 0.25) is 0 Å². The van der Waals surface area contributed by atoms with Gasteiger partial charge in [-0.3, -0.25) is 9.59 Å². The first-order valence-corrected chi connectivity index (χ1v) is 11.7. The van der Waals surface area contributed by atoms with Crippen molar-refractivity contribution >= 4 is 16.9 Å². The maximum atomic E-state index is 13.6. The van der Waals surface area contributed by atoms with Gasteiger partial charge in [-0.25, -0.2) is 18.4 Å². The molecular weight excluding hydrogens is 461 g/mol. The van der Waals surface area contributed by atoms with Crippen LogP contribution in [0.5, 0.6) is 0 Å². The molecule has 2 aliphatic carbocycles. The van der Waals surface area contributed by atoms with Gasteiger partial charge < -0.3 is 9.88 Å². The second kappa shape index (κ2) is 8.30. The third kappa shape index (κ3) is 4.19. The van der Waals surface area contributed by atoms with Crippen molar-refractivity contribution in [2.24, 2.45) is 11.8 Å². The summed E-state index contributed by atoms with van der Waals surface area (Å²) >= 11 is 0. The second-order valence-corrected chi connectivity index (χ2v) is 9.80. The molecule has 3 aliphatic rings. The van der Waals surface area contributed by atoms with Crippen molar-refractivity contribution in [1.82, 2.24) is 24.6 Å². The molecule has 0 radical (unpaired) electrons. The molecule has 5 rings (SSSR count). The monoisotopic (exact) mass is 487 g/mol. The average Bonchev–Trinajstić information content (AvgIpc) is 3.17. The lowest BCUT2D eigenvalue weighted by atomic mass is 9.72. The summed E-state index contributed by atoms with van der Waals surface area (Å²) in [6.45, 7) is 0.128. The highest BCUT2D eigenvalue weighted by atomic mass is 19.4. The zero-order valence-corrected chi connectivity index (χ0v) is 18.5. The van der Waals surface area contributed by atoms with Crippen LogP contribution in [0, 0.1) is 11.8 Å². The van der Waals surface area contributed by atoms with Gasteiger partial charge in [-0.15, -0.1) is 0 Å². The Bertz CT molecular complexity index is 1120. The number of likely N-dealkylation sites (tertiary alicyclic amines) is 1. The zero-order chi connectivity index (χ0) is 24.3. The first kappa shape index (κ1) is 23.2. The lowest BCUT2D eigenvalue weighted by Crippen LogP contribution is -2.48. The number of aromatic amines is 1. The Kier molecular flexibility index (Phi) is 5.67. The summed E-state index contributed by atoms with van der Waals surface area (Å²) in [5.41, 5.74) is -0.0884. The van der Waals surface area contributed by atoms with Gasteiger partial charge in [0, 0.05) is 37.8 Å². The molecule has 1 saturated heterocycles. The fraction of sp³-hybridized carbons (Fsp3) is 0.727. The third-order valence-electron chi connectivity index (χ3n) is 7.73. The quantitative estimate of drug-likeness (QED) is 0.659. The minimum Gasteiger partial charge on any atom is -0.342 e. The van der Waals surface area contributed by atoms with Crippen LogP contribution in [0.15, 0.2) is 11.0 Å². The predicted molar refractivity (Wildman–Crippen MR) is 111 cm³/mol. The van der Waals surface area contributed by atoms with E-state index in [9.17, 15) is 31.5 Å². The molecule has 3 heterocycles. The number of piperidine rings is 1. The number of hydrogen-bond donors (Lipinski definition) is 1. The van der Waals surface area contributed by atoms with Gasteiger partial charge in [-0.05, 0) is 38.5 Å². The minimum absolute atomic E-state index is 0.0638. The van der Waals surface area contributed by atoms with Gasteiger partial charge in [-0.2, -0.15) is 18.3 Å². The van der Waals surface area contributed by atoms with Gasteiger partial charge in [0.05, 0.1) is 18.2 Å². The number of nitrogens with one attached hydrogen (secondary N) is 1. The van der Waals surface area contributed by atoms with Gasteiger partial charge in [0.2, 0.25) is 11.8 Å². The van der Waals surface area contributed by atoms with E-state index in [2.05, 4.69) is 15.1 Å². The van der Waals surface area contributed by atoms with Crippen molar-refractivity contribution < 1.29 is 26.7 Å². The van der Waals surface area contributed by atoms with Crippen LogP contribution in [-0.2, 0) is 4.79 Å². The summed E-state index contributed by atoms with van der Waals surface area (Å²) < 4.78 is 67.5. The number of aromatic nitrogens is 4. The van der Waals surface area contributed by atoms with Crippen LogP contribution in [0.1, 0.15) is 69.2 Å². The molecule has 12 heteroatoms. The van der Waals surface area contributed by atoms with Crippen LogP contribution in [0.4, 0.5) is 22.0 Å². The number of carbonyl (C=O) groups is 1. The Morgan fingerprint density at radius 2 is 1.74 bits per heavy atom. The molecule has 3 fully saturated rings. The predicted octanol–water partition coefficient (Wildman–Crippen LogP) is 4.16. The van der Waals surface area contributed by atoms with Crippen molar-refractivity contribution in [2.75, 3.05) is 13.1 Å². The Balaban J connectivity index is 1.33. The normalized spacial score (nSPS) is 26.6. The molecule has 34 heavy (non-hydrogen) atoms. The molecule has 1 aliphatic heterocycles. The molecule has 0 bridgehead atoms. The van der Waals surface area contributed by atoms with E-state index in [4.69, 9.17) is 0 Å². The summed E-state index contributed by atoms with van der Waals surface area (Å²) in [7, 11) is 0. The summed E-state index contributed by atoms with van der Waals surface area (Å²) in [5.74, 6) is -4.73. The van der Waals surface area contributed by atoms with E-state index < -0.39 is 29.5 Å². The number of amides is 1. The average molecular weight is 487 g/mol. The molecule has 2 aromatic heterocycles. The first-order valence-electron chi connectivity index (χ1n) is 11.7. The zero-order valence-electron chi connectivity index (χ0n) is 18.5. The fourth-order valence-corrected chi connectivity index (χ4v) is 5.45. The van der Waals surface area contributed by atoms with Crippen LogP contribution < -0.4 is 5.56 Å². The summed E-state index contributed by atoms with van der Waals surface area (Å²) in [6.07, 6.45) is -1.93. The maximum Gasteiger partial charge on any atom is 0.391 e. The standard InChI is InChI=1S/C22H26F5N5O2/c23-21(24)7-3-13(4-8-21)32-18-16(11-28-32)19(33)30-17(29-18)14-1-2-15(14)20(34)31-9-5-12(6-10-31)22(25,26)27/h11-15H,1-10H2,(H,29,30,33)/t14-,15-/m0/s1. The lowest BCUT2D eigenvalue weighted by Gasteiger charge is -2.40. The fourth-order valence-electron chi connectivity index (χ4n) is 5.45. The van der Waals surface area contributed by atoms with E-state index in [-0.39, 0.29) is 74.9 Å². The van der Waals surface area contributed by atoms with E-state index in [1.165, 1.54) is 11.1 Å². The number of carbonyl (C=O) groups excluding carboxylic acids is 1. The highest BCUT2D eigenvalue weighted by Gasteiger charge is 2.45. The highest BCUT2D eigenvalue weighted by molar-refractivity contribution is 5.81. The van der Waals surface area contributed by atoms with Crippen LogP contribution in [0.3, 0.4) is 0 Å². The maximum absolute atomic E-state index is 13.6. The van der Waals surface area contributed by atoms with Gasteiger partial charge in [0.15, 0.2) is 5.65 Å². The molecule has 2 atom stereocenters. The molecule has 0 spiro atoms. The number of hydrogen-bond acceptors (Lipinski definition) is 4. The SMILES string of the molecule is O=C([C@H]1CC[C@@H]1c1nc2c(cnn2C2CCC(F)(F)CC2)c(=O)[nH]1)N1CCC(C(F)(F)F)CC1. The highest BCUT2D eigenvalue weighted by Crippen LogP contribution is 2.44. The number of alkyl halides is 5. The number of halogens is 5. The van der Waals surface area contributed by atoms with Crippen LogP contribution >= 0.6 is 0 Å². The van der Waals surface area contributed by atoms with E-state index in [1.807, 2.05) is 0 Å². The van der Waals surface area contributed by atoms with Gasteiger partial charge in [0.25, 0.3) is 5.56 Å². The molecule has 1 N–H and O–H groups in total. The van der Waals surface area contributed by atoms with Crippen molar-refractivity contribution in [1.29, 1.82) is 0 Å². The number of rotatable bonds is 3. The lowest BCUT2D eigenvalue weighted by molar-refractivity contribution is -0.187. The van der Waals surface area contributed by atoms with Crippen LogP contribution in [0.25, 0.3) is 11.0 Å². The Morgan fingerprint density at radius 3 is 2.32 bits per heavy atom. The van der Waals surface area contributed by atoms with Crippen LogP contribution in [-0.4, -0.2) is 55.7 Å². The Morgan fingerprint density at radius 1 is 1.06 bits per heavy atom. The van der Waals surface area contributed by atoms with E-state index in [1.54, 1.807) is 4.68 Å². The summed E-state index contributed by atoms with van der Waals surface area (Å²) in [6, 6.07) is -0.284. The molecule has 1 amide bonds. The largest absolute Gasteiger partial charge is 0.391 e. The number of H-pyrrole nitrogens is 1. The van der Waals surface area contributed by atoms with E-state index in [0.29, 0.717) is 24.3 Å². The second-order valence-electron chi connectivity index (χ2n) is 9.80. The van der Waals surface area contributed by atoms with Crippen molar-refractivity contribution in [3.05, 3.63) is 22.4 Å². The molecule has 0 aromatic carbocycles. The molecule has 186 valence electrons. The van der Waals surface area contributed by atoms with Crippen molar-refractivity contribution in [2.45, 2.75) is 75.4 Å². The molecule has 7 nitrogen and oxygen atoms in total. The van der Waals surface area contributed by atoms with Gasteiger partial charge >= 0.3 is 6.18 Å². The molecule has 2 aromatic rings. The number of fused-ring (bicyclic) bond motifs is 1. The van der Waals surface area contributed by atoms with Gasteiger partial charge in [0.1, 0.15) is 11.2 Å². The molecule has 2 saturated carbocycles. The first-order chi connectivity index (χ1) is 16.0. The Hall–Kier alpha value is -2.53. The Labute approximate surface area is 191 Å². The topological polar surface area (TPSA) is 83.9 Å². The smallest absolute Gasteiger partial charge is 0.342 e.